The number of hydrogen-bond acceptors (Lipinski definition) is 9. The summed E-state index contributed by atoms with van der Waals surface area (Å²) in [7, 11) is 0. The summed E-state index contributed by atoms with van der Waals surface area (Å²) in [6.45, 7) is -0.216. The number of amides is 1. The van der Waals surface area contributed by atoms with Crippen molar-refractivity contribution in [1.82, 2.24) is 15.6 Å². The highest BCUT2D eigenvalue weighted by molar-refractivity contribution is 5.93. The van der Waals surface area contributed by atoms with E-state index in [1.54, 1.807) is 0 Å². The van der Waals surface area contributed by atoms with Gasteiger partial charge in [0.2, 0.25) is 5.52 Å². The molecule has 3 aromatic carbocycles. The third-order valence-electron chi connectivity index (χ3n) is 6.02. The maximum atomic E-state index is 12.5. The summed E-state index contributed by atoms with van der Waals surface area (Å²) < 4.78 is 10.0. The summed E-state index contributed by atoms with van der Waals surface area (Å²) in [5.41, 5.74) is 4.16. The van der Waals surface area contributed by atoms with E-state index in [0.29, 0.717) is 0 Å². The van der Waals surface area contributed by atoms with Crippen LogP contribution in [-0.4, -0.2) is 51.6 Å². The Kier molecular flexibility index (Phi) is 5.90. The Morgan fingerprint density at radius 3 is 2.31 bits per heavy atom. The molecule has 0 saturated carbocycles. The van der Waals surface area contributed by atoms with Crippen LogP contribution < -0.4 is 10.6 Å². The number of fused-ring (bicyclic) bond motifs is 4. The predicted octanol–water partition coefficient (Wildman–Crippen LogP) is 3.53. The lowest BCUT2D eigenvalue weighted by molar-refractivity contribution is -0.383. The number of carbonyl (C=O) groups excluding carboxylic acids is 1. The van der Waals surface area contributed by atoms with Gasteiger partial charge in [0.25, 0.3) is 0 Å². The number of nitro benzene ring substituents is 1. The van der Waals surface area contributed by atoms with Crippen molar-refractivity contribution >= 4 is 34.5 Å². The van der Waals surface area contributed by atoms with Crippen LogP contribution in [0.1, 0.15) is 17.0 Å². The van der Waals surface area contributed by atoms with Crippen molar-refractivity contribution in [3.05, 3.63) is 81.9 Å². The van der Waals surface area contributed by atoms with Crippen LogP contribution in [-0.2, 0) is 9.53 Å². The smallest absolute Gasteiger partial charge is 0.407 e. The van der Waals surface area contributed by atoms with Crippen LogP contribution in [0.3, 0.4) is 0 Å². The standard InChI is InChI=1S/C24H19N5O7/c30-23(31)19(11-25-18-9-10-20(29(33)34)22-21(18)27-36-28-22)26-24(32)35-12-17-15-7-3-1-5-13(15)14-6-2-4-8-16(14)17/h1-10,17,19,25H,11-12H2,(H,26,32)(H,30,31)/t19-/m0/s1. The zero-order valence-corrected chi connectivity index (χ0v) is 18.6. The summed E-state index contributed by atoms with van der Waals surface area (Å²) in [5, 5.41) is 33.0. The first-order valence-electron chi connectivity index (χ1n) is 10.9. The van der Waals surface area contributed by atoms with Gasteiger partial charge in [0.05, 0.1) is 10.6 Å². The lowest BCUT2D eigenvalue weighted by Crippen LogP contribution is -2.45. The first-order valence-corrected chi connectivity index (χ1v) is 10.9. The molecule has 3 N–H and O–H groups in total. The Morgan fingerprint density at radius 1 is 1.03 bits per heavy atom. The number of aromatic nitrogens is 2. The minimum absolute atomic E-state index is 0.0349. The van der Waals surface area contributed by atoms with Gasteiger partial charge in [0.15, 0.2) is 5.52 Å². The number of nitrogens with zero attached hydrogens (tertiary/aromatic N) is 3. The molecule has 182 valence electrons. The maximum Gasteiger partial charge on any atom is 0.407 e. The van der Waals surface area contributed by atoms with Crippen LogP contribution in [0.4, 0.5) is 16.2 Å². The average Bonchev–Trinajstić information content (AvgIpc) is 3.48. The summed E-state index contributed by atoms with van der Waals surface area (Å²) in [6, 6.07) is 16.9. The molecule has 0 unspecified atom stereocenters. The molecule has 0 aliphatic heterocycles. The molecule has 1 aliphatic carbocycles. The number of hydrogen-bond donors (Lipinski definition) is 3. The zero-order valence-electron chi connectivity index (χ0n) is 18.6. The highest BCUT2D eigenvalue weighted by atomic mass is 16.6. The van der Waals surface area contributed by atoms with Crippen LogP contribution in [0.25, 0.3) is 22.2 Å². The number of nitro groups is 1. The number of rotatable bonds is 8. The fourth-order valence-electron chi connectivity index (χ4n) is 4.34. The van der Waals surface area contributed by atoms with Crippen molar-refractivity contribution in [2.75, 3.05) is 18.5 Å². The number of aliphatic carboxylic acids is 1. The van der Waals surface area contributed by atoms with Gasteiger partial charge in [0.1, 0.15) is 12.6 Å². The topological polar surface area (TPSA) is 170 Å². The Balaban J connectivity index is 1.24. The number of benzene rings is 3. The largest absolute Gasteiger partial charge is 0.480 e. The van der Waals surface area contributed by atoms with E-state index in [2.05, 4.69) is 25.6 Å². The van der Waals surface area contributed by atoms with Gasteiger partial charge in [-0.25, -0.2) is 14.2 Å². The predicted molar refractivity (Wildman–Crippen MR) is 127 cm³/mol. The van der Waals surface area contributed by atoms with Crippen molar-refractivity contribution < 1.29 is 29.0 Å². The van der Waals surface area contributed by atoms with Crippen molar-refractivity contribution in [1.29, 1.82) is 0 Å². The van der Waals surface area contributed by atoms with Crippen molar-refractivity contribution in [2.24, 2.45) is 0 Å². The molecule has 12 heteroatoms. The fourth-order valence-corrected chi connectivity index (χ4v) is 4.34. The number of ether oxygens (including phenoxy) is 1. The van der Waals surface area contributed by atoms with Gasteiger partial charge < -0.3 is 20.5 Å². The number of non-ortho nitro benzene ring substituents is 1. The van der Waals surface area contributed by atoms with E-state index in [0.717, 1.165) is 22.3 Å². The average molecular weight is 489 g/mol. The third-order valence-corrected chi connectivity index (χ3v) is 6.02. The van der Waals surface area contributed by atoms with Crippen molar-refractivity contribution in [3.63, 3.8) is 0 Å². The molecule has 1 aliphatic rings. The normalized spacial score (nSPS) is 13.0. The van der Waals surface area contributed by atoms with Crippen molar-refractivity contribution in [2.45, 2.75) is 12.0 Å². The molecule has 12 nitrogen and oxygen atoms in total. The van der Waals surface area contributed by atoms with Crippen LogP contribution in [0.15, 0.2) is 65.3 Å². The summed E-state index contributed by atoms with van der Waals surface area (Å²) in [6.07, 6.45) is -0.886. The van der Waals surface area contributed by atoms with Crippen LogP contribution in [0.5, 0.6) is 0 Å². The number of anilines is 1. The molecule has 0 fully saturated rings. The molecule has 5 rings (SSSR count). The first-order chi connectivity index (χ1) is 17.4. The van der Waals surface area contributed by atoms with Gasteiger partial charge in [-0.05, 0) is 38.6 Å². The molecule has 1 heterocycles. The fraction of sp³-hybridized carbons (Fsp3) is 0.167. The quantitative estimate of drug-likeness (QED) is 0.246. The number of carboxylic acids is 1. The lowest BCUT2D eigenvalue weighted by atomic mass is 9.98. The second-order valence-corrected chi connectivity index (χ2v) is 8.09. The van der Waals surface area contributed by atoms with E-state index in [-0.39, 0.29) is 41.5 Å². The molecule has 0 radical (unpaired) electrons. The minimum Gasteiger partial charge on any atom is -0.480 e. The molecule has 0 spiro atoms. The number of alkyl carbamates (subject to hydrolysis) is 1. The second-order valence-electron chi connectivity index (χ2n) is 8.09. The SMILES string of the molecule is O=C(N[C@@H](CNc1ccc([N+](=O)[O-])c2nonc12)C(=O)O)OCC1c2ccccc2-c2ccccc21. The Hall–Kier alpha value is -5.00. The molecule has 4 aromatic rings. The number of carbonyl (C=O) groups is 2. The Morgan fingerprint density at radius 2 is 1.67 bits per heavy atom. The summed E-state index contributed by atoms with van der Waals surface area (Å²) >= 11 is 0. The molecule has 1 aromatic heterocycles. The van der Waals surface area contributed by atoms with E-state index in [4.69, 9.17) is 4.74 Å². The molecule has 0 bridgehead atoms. The second kappa shape index (κ2) is 9.33. The van der Waals surface area contributed by atoms with E-state index in [1.165, 1.54) is 12.1 Å². The van der Waals surface area contributed by atoms with E-state index in [9.17, 15) is 24.8 Å². The Bertz CT molecular complexity index is 1440. The van der Waals surface area contributed by atoms with Crippen LogP contribution in [0.2, 0.25) is 0 Å². The van der Waals surface area contributed by atoms with E-state index in [1.807, 2.05) is 48.5 Å². The van der Waals surface area contributed by atoms with E-state index < -0.39 is 23.0 Å². The van der Waals surface area contributed by atoms with Crippen molar-refractivity contribution in [3.8, 4) is 11.1 Å². The molecule has 1 atom stereocenters. The van der Waals surface area contributed by atoms with Gasteiger partial charge in [-0.2, -0.15) is 0 Å². The molecule has 0 saturated heterocycles. The van der Waals surface area contributed by atoms with Gasteiger partial charge >= 0.3 is 17.7 Å². The molecular formula is C24H19N5O7. The molecule has 1 amide bonds. The highest BCUT2D eigenvalue weighted by Crippen LogP contribution is 2.44. The molecule has 36 heavy (non-hydrogen) atoms. The van der Waals surface area contributed by atoms with E-state index >= 15 is 0 Å². The van der Waals surface area contributed by atoms with Gasteiger partial charge in [-0.3, -0.25) is 10.1 Å². The minimum atomic E-state index is -1.36. The highest BCUT2D eigenvalue weighted by Gasteiger charge is 2.30. The number of nitrogens with one attached hydrogen (secondary N) is 2. The monoisotopic (exact) mass is 489 g/mol. The lowest BCUT2D eigenvalue weighted by Gasteiger charge is -2.18. The van der Waals surface area contributed by atoms with Gasteiger partial charge in [0, 0.05) is 18.5 Å². The Labute approximate surface area is 203 Å². The molecular weight excluding hydrogens is 470 g/mol. The maximum absolute atomic E-state index is 12.5. The van der Waals surface area contributed by atoms with Gasteiger partial charge in [-0.15, -0.1) is 0 Å². The van der Waals surface area contributed by atoms with Crippen LogP contribution >= 0.6 is 0 Å². The number of carboxylic acid groups (broad SMARTS) is 1. The third kappa shape index (κ3) is 4.15. The summed E-state index contributed by atoms with van der Waals surface area (Å²) in [4.78, 5) is 34.8. The van der Waals surface area contributed by atoms with Gasteiger partial charge in [-0.1, -0.05) is 48.5 Å². The first kappa shape index (κ1) is 22.8. The zero-order chi connectivity index (χ0) is 25.2. The summed E-state index contributed by atoms with van der Waals surface area (Å²) in [5.74, 6) is -1.47. The van der Waals surface area contributed by atoms with Crippen LogP contribution in [0, 0.1) is 10.1 Å².